The molecule has 0 saturated heterocycles. The van der Waals surface area contributed by atoms with Crippen molar-refractivity contribution in [2.75, 3.05) is 20.8 Å². The predicted octanol–water partition coefficient (Wildman–Crippen LogP) is 4.30. The van der Waals surface area contributed by atoms with E-state index in [0.717, 1.165) is 33.0 Å². The maximum atomic E-state index is 13.2. The zero-order chi connectivity index (χ0) is 23.3. The first kappa shape index (κ1) is 21.1. The van der Waals surface area contributed by atoms with E-state index >= 15 is 0 Å². The minimum absolute atomic E-state index is 0.00483. The number of aryl methyl sites for hydroxylation is 2. The average Bonchev–Trinajstić information content (AvgIpc) is 3.18. The van der Waals surface area contributed by atoms with Crippen LogP contribution in [0.25, 0.3) is 21.9 Å². The van der Waals surface area contributed by atoms with Crippen LogP contribution in [0.4, 0.5) is 0 Å². The van der Waals surface area contributed by atoms with Crippen LogP contribution in [0.1, 0.15) is 27.8 Å². The van der Waals surface area contributed by atoms with Crippen LogP contribution in [0, 0.1) is 13.8 Å². The topological polar surface area (TPSA) is 82.1 Å². The Morgan fingerprint density at radius 1 is 1.00 bits per heavy atom. The summed E-state index contributed by atoms with van der Waals surface area (Å²) in [4.78, 5) is 27.7. The van der Waals surface area contributed by atoms with Gasteiger partial charge in [0.05, 0.1) is 32.5 Å². The lowest BCUT2D eigenvalue weighted by atomic mass is 9.97. The second kappa shape index (κ2) is 7.99. The first-order valence-corrected chi connectivity index (χ1v) is 10.8. The van der Waals surface area contributed by atoms with Gasteiger partial charge in [0.2, 0.25) is 5.91 Å². The Kier molecular flexibility index (Phi) is 5.12. The third-order valence-electron chi connectivity index (χ3n) is 6.57. The van der Waals surface area contributed by atoms with Crippen molar-refractivity contribution in [3.8, 4) is 11.5 Å². The van der Waals surface area contributed by atoms with E-state index in [1.807, 2.05) is 32.0 Å². The third kappa shape index (κ3) is 3.53. The minimum Gasteiger partial charge on any atom is -0.493 e. The summed E-state index contributed by atoms with van der Waals surface area (Å²) < 4.78 is 21.9. The fourth-order valence-corrected chi connectivity index (χ4v) is 4.60. The Balaban J connectivity index is 1.45. The highest BCUT2D eigenvalue weighted by atomic mass is 16.5. The van der Waals surface area contributed by atoms with Crippen LogP contribution in [0.3, 0.4) is 0 Å². The molecule has 4 aromatic rings. The smallest absolute Gasteiger partial charge is 0.340 e. The molecule has 0 fully saturated rings. The second-order valence-electron chi connectivity index (χ2n) is 8.47. The SMILES string of the molecule is COc1cc2c(cc1OC)CN(C(=O)Cc1c(C)c3cc4c(C)coc4cc3oc1=O)CC2. The van der Waals surface area contributed by atoms with Crippen LogP contribution < -0.4 is 15.1 Å². The monoisotopic (exact) mass is 447 g/mol. The lowest BCUT2D eigenvalue weighted by Crippen LogP contribution is -2.37. The number of benzene rings is 2. The van der Waals surface area contributed by atoms with Gasteiger partial charge in [-0.2, -0.15) is 0 Å². The van der Waals surface area contributed by atoms with Crippen molar-refractivity contribution >= 4 is 27.8 Å². The normalized spacial score (nSPS) is 13.4. The molecule has 0 atom stereocenters. The summed E-state index contributed by atoms with van der Waals surface area (Å²) in [6.07, 6.45) is 2.39. The van der Waals surface area contributed by atoms with E-state index in [9.17, 15) is 9.59 Å². The molecule has 0 N–H and O–H groups in total. The molecule has 0 saturated carbocycles. The molecular weight excluding hydrogens is 422 g/mol. The van der Waals surface area contributed by atoms with Crippen LogP contribution in [0.2, 0.25) is 0 Å². The molecule has 1 amide bonds. The van der Waals surface area contributed by atoms with Crippen molar-refractivity contribution in [1.29, 1.82) is 0 Å². The summed E-state index contributed by atoms with van der Waals surface area (Å²) in [6.45, 7) is 4.87. The van der Waals surface area contributed by atoms with E-state index in [0.29, 0.717) is 47.7 Å². The average molecular weight is 447 g/mol. The van der Waals surface area contributed by atoms with E-state index < -0.39 is 5.63 Å². The van der Waals surface area contributed by atoms with Crippen LogP contribution in [-0.2, 0) is 24.2 Å². The minimum atomic E-state index is -0.486. The molecule has 0 bridgehead atoms. The first-order valence-electron chi connectivity index (χ1n) is 10.8. The number of nitrogens with zero attached hydrogens (tertiary/aromatic N) is 1. The van der Waals surface area contributed by atoms with Gasteiger partial charge in [0.15, 0.2) is 11.5 Å². The van der Waals surface area contributed by atoms with Crippen LogP contribution >= 0.6 is 0 Å². The van der Waals surface area contributed by atoms with Gasteiger partial charge in [0.1, 0.15) is 11.2 Å². The van der Waals surface area contributed by atoms with Crippen molar-refractivity contribution in [2.45, 2.75) is 33.2 Å². The number of hydrogen-bond acceptors (Lipinski definition) is 6. The Morgan fingerprint density at radius 2 is 1.73 bits per heavy atom. The molecule has 0 unspecified atom stereocenters. The molecule has 5 rings (SSSR count). The summed E-state index contributed by atoms with van der Waals surface area (Å²) in [5, 5.41) is 1.78. The summed E-state index contributed by atoms with van der Waals surface area (Å²) in [5.74, 6) is 1.21. The fourth-order valence-electron chi connectivity index (χ4n) is 4.60. The van der Waals surface area contributed by atoms with Gasteiger partial charge in [-0.3, -0.25) is 4.79 Å². The Bertz CT molecular complexity index is 1460. The molecule has 1 aliphatic heterocycles. The molecular formula is C26H25NO6. The van der Waals surface area contributed by atoms with E-state index in [4.69, 9.17) is 18.3 Å². The molecule has 0 radical (unpaired) electrons. The number of carbonyl (C=O) groups is 1. The predicted molar refractivity (Wildman–Crippen MR) is 124 cm³/mol. The highest BCUT2D eigenvalue weighted by molar-refractivity contribution is 5.96. The van der Waals surface area contributed by atoms with E-state index in [1.54, 1.807) is 31.4 Å². The number of ether oxygens (including phenoxy) is 2. The van der Waals surface area contributed by atoms with Crippen LogP contribution in [0.15, 0.2) is 44.2 Å². The molecule has 33 heavy (non-hydrogen) atoms. The van der Waals surface area contributed by atoms with E-state index in [-0.39, 0.29) is 12.3 Å². The van der Waals surface area contributed by atoms with Gasteiger partial charge in [-0.25, -0.2) is 4.79 Å². The van der Waals surface area contributed by atoms with Crippen LogP contribution in [-0.4, -0.2) is 31.6 Å². The zero-order valence-electron chi connectivity index (χ0n) is 19.1. The van der Waals surface area contributed by atoms with Gasteiger partial charge in [-0.1, -0.05) is 0 Å². The van der Waals surface area contributed by atoms with Gasteiger partial charge in [0, 0.05) is 29.9 Å². The molecule has 3 heterocycles. The number of carbonyl (C=O) groups excluding carboxylic acids is 1. The molecule has 0 aliphatic carbocycles. The second-order valence-corrected chi connectivity index (χ2v) is 8.47. The van der Waals surface area contributed by atoms with Crippen molar-refractivity contribution in [3.05, 3.63) is 68.8 Å². The van der Waals surface area contributed by atoms with Gasteiger partial charge in [0.25, 0.3) is 0 Å². The van der Waals surface area contributed by atoms with E-state index in [1.165, 1.54) is 0 Å². The van der Waals surface area contributed by atoms with E-state index in [2.05, 4.69) is 0 Å². The maximum absolute atomic E-state index is 13.2. The number of rotatable bonds is 4. The summed E-state index contributed by atoms with van der Waals surface area (Å²) >= 11 is 0. The molecule has 170 valence electrons. The third-order valence-corrected chi connectivity index (χ3v) is 6.57. The van der Waals surface area contributed by atoms with Crippen molar-refractivity contribution in [3.63, 3.8) is 0 Å². The molecule has 1 aliphatic rings. The van der Waals surface area contributed by atoms with Crippen molar-refractivity contribution in [1.82, 2.24) is 4.90 Å². The molecule has 7 heteroatoms. The lowest BCUT2D eigenvalue weighted by Gasteiger charge is -2.29. The highest BCUT2D eigenvalue weighted by Crippen LogP contribution is 2.34. The molecule has 2 aromatic carbocycles. The largest absolute Gasteiger partial charge is 0.493 e. The van der Waals surface area contributed by atoms with Gasteiger partial charge < -0.3 is 23.2 Å². The van der Waals surface area contributed by atoms with Crippen molar-refractivity contribution < 1.29 is 23.1 Å². The molecule has 7 nitrogen and oxygen atoms in total. The summed E-state index contributed by atoms with van der Waals surface area (Å²) in [7, 11) is 3.20. The first-order chi connectivity index (χ1) is 15.9. The fraction of sp³-hybridized carbons (Fsp3) is 0.308. The van der Waals surface area contributed by atoms with Crippen molar-refractivity contribution in [2.24, 2.45) is 0 Å². The highest BCUT2D eigenvalue weighted by Gasteiger charge is 2.25. The number of methoxy groups -OCH3 is 2. The standard InChI is InChI=1S/C26H25NO6/c1-14-13-32-21-11-22-19(9-18(14)21)15(2)20(26(29)33-22)10-25(28)27-6-5-16-7-23(30-3)24(31-4)8-17(16)12-27/h7-9,11,13H,5-6,10,12H2,1-4H3. The summed E-state index contributed by atoms with van der Waals surface area (Å²) in [6, 6.07) is 7.59. The number of furan rings is 1. The Hall–Kier alpha value is -3.74. The lowest BCUT2D eigenvalue weighted by molar-refractivity contribution is -0.131. The molecule has 2 aromatic heterocycles. The number of hydrogen-bond donors (Lipinski definition) is 0. The van der Waals surface area contributed by atoms with Gasteiger partial charge in [-0.15, -0.1) is 0 Å². The maximum Gasteiger partial charge on any atom is 0.340 e. The molecule has 0 spiro atoms. The Labute approximate surface area is 190 Å². The van der Waals surface area contributed by atoms with Gasteiger partial charge in [-0.05, 0) is 60.7 Å². The number of amides is 1. The number of fused-ring (bicyclic) bond motifs is 3. The Morgan fingerprint density at radius 3 is 2.45 bits per heavy atom. The van der Waals surface area contributed by atoms with Gasteiger partial charge >= 0.3 is 5.63 Å². The van der Waals surface area contributed by atoms with Crippen LogP contribution in [0.5, 0.6) is 11.5 Å². The zero-order valence-corrected chi connectivity index (χ0v) is 19.1. The summed E-state index contributed by atoms with van der Waals surface area (Å²) in [5.41, 5.74) is 4.97. The quantitative estimate of drug-likeness (QED) is 0.434.